The number of hydrogen-bond donors (Lipinski definition) is 0. The standard InChI is InChI=1S/C13H21NOS/c1-4-13(3,11-15)10-14(5-2)9-12-7-6-8-16-12/h6-8,11H,4-5,9-10H2,1-3H3. The second-order valence-electron chi connectivity index (χ2n) is 4.51. The molecule has 0 bridgehead atoms. The van der Waals surface area contributed by atoms with Gasteiger partial charge in [0.15, 0.2) is 0 Å². The van der Waals surface area contributed by atoms with Gasteiger partial charge in [-0.1, -0.05) is 26.8 Å². The van der Waals surface area contributed by atoms with Gasteiger partial charge in [0.1, 0.15) is 6.29 Å². The van der Waals surface area contributed by atoms with Gasteiger partial charge in [-0.25, -0.2) is 0 Å². The molecule has 0 aromatic carbocycles. The van der Waals surface area contributed by atoms with Crippen LogP contribution in [0.25, 0.3) is 0 Å². The van der Waals surface area contributed by atoms with Crippen molar-refractivity contribution in [1.29, 1.82) is 0 Å². The Morgan fingerprint density at radius 2 is 2.25 bits per heavy atom. The maximum atomic E-state index is 11.1. The van der Waals surface area contributed by atoms with Crippen molar-refractivity contribution in [1.82, 2.24) is 4.90 Å². The number of rotatable bonds is 7. The largest absolute Gasteiger partial charge is 0.303 e. The van der Waals surface area contributed by atoms with Crippen molar-refractivity contribution in [3.05, 3.63) is 22.4 Å². The van der Waals surface area contributed by atoms with E-state index in [1.54, 1.807) is 11.3 Å². The highest BCUT2D eigenvalue weighted by molar-refractivity contribution is 7.09. The maximum absolute atomic E-state index is 11.1. The summed E-state index contributed by atoms with van der Waals surface area (Å²) in [6.45, 7) is 9.05. The summed E-state index contributed by atoms with van der Waals surface area (Å²) in [6.07, 6.45) is 2.00. The summed E-state index contributed by atoms with van der Waals surface area (Å²) >= 11 is 1.78. The van der Waals surface area contributed by atoms with Gasteiger partial charge in [-0.3, -0.25) is 4.90 Å². The van der Waals surface area contributed by atoms with E-state index in [4.69, 9.17) is 0 Å². The van der Waals surface area contributed by atoms with Crippen LogP contribution in [0, 0.1) is 5.41 Å². The Morgan fingerprint density at radius 3 is 2.69 bits per heavy atom. The lowest BCUT2D eigenvalue weighted by molar-refractivity contribution is -0.116. The Kier molecular flexibility index (Phi) is 5.16. The van der Waals surface area contributed by atoms with E-state index < -0.39 is 0 Å². The SMILES string of the molecule is CCN(Cc1cccs1)CC(C)(C=O)CC. The first-order valence-electron chi connectivity index (χ1n) is 5.84. The third-order valence-corrected chi connectivity index (χ3v) is 3.94. The molecular weight excluding hydrogens is 218 g/mol. The Hall–Kier alpha value is -0.670. The zero-order valence-corrected chi connectivity index (χ0v) is 11.2. The summed E-state index contributed by atoms with van der Waals surface area (Å²) in [7, 11) is 0. The number of aldehydes is 1. The van der Waals surface area contributed by atoms with Crippen LogP contribution in [0.15, 0.2) is 17.5 Å². The first kappa shape index (κ1) is 13.4. The summed E-state index contributed by atoms with van der Waals surface area (Å²) in [4.78, 5) is 14.8. The molecule has 0 saturated carbocycles. The highest BCUT2D eigenvalue weighted by Gasteiger charge is 2.24. The minimum absolute atomic E-state index is 0.201. The molecule has 0 aliphatic rings. The van der Waals surface area contributed by atoms with Gasteiger partial charge in [0.25, 0.3) is 0 Å². The summed E-state index contributed by atoms with van der Waals surface area (Å²) in [6, 6.07) is 4.23. The van der Waals surface area contributed by atoms with Crippen LogP contribution >= 0.6 is 11.3 Å². The summed E-state index contributed by atoms with van der Waals surface area (Å²) in [5.41, 5.74) is -0.201. The smallest absolute Gasteiger partial charge is 0.127 e. The van der Waals surface area contributed by atoms with Crippen LogP contribution in [-0.4, -0.2) is 24.3 Å². The number of hydrogen-bond acceptors (Lipinski definition) is 3. The van der Waals surface area contributed by atoms with E-state index in [9.17, 15) is 4.79 Å². The summed E-state index contributed by atoms with van der Waals surface area (Å²) in [5.74, 6) is 0. The van der Waals surface area contributed by atoms with Crippen molar-refractivity contribution in [3.63, 3.8) is 0 Å². The molecule has 2 nitrogen and oxygen atoms in total. The van der Waals surface area contributed by atoms with Crippen LogP contribution in [0.2, 0.25) is 0 Å². The van der Waals surface area contributed by atoms with Crippen LogP contribution in [0.4, 0.5) is 0 Å². The van der Waals surface area contributed by atoms with Crippen molar-refractivity contribution in [2.24, 2.45) is 5.41 Å². The molecule has 16 heavy (non-hydrogen) atoms. The van der Waals surface area contributed by atoms with Gasteiger partial charge in [0, 0.05) is 23.4 Å². The molecule has 0 N–H and O–H groups in total. The maximum Gasteiger partial charge on any atom is 0.127 e. The molecule has 0 aliphatic heterocycles. The van der Waals surface area contributed by atoms with Crippen LogP contribution in [0.1, 0.15) is 32.1 Å². The molecule has 0 aliphatic carbocycles. The predicted molar refractivity (Wildman–Crippen MR) is 69.7 cm³/mol. The average molecular weight is 239 g/mol. The molecule has 0 amide bonds. The van der Waals surface area contributed by atoms with Crippen LogP contribution in [-0.2, 0) is 11.3 Å². The van der Waals surface area contributed by atoms with Crippen molar-refractivity contribution < 1.29 is 4.79 Å². The molecule has 1 rings (SSSR count). The molecule has 0 fully saturated rings. The van der Waals surface area contributed by atoms with Crippen molar-refractivity contribution in [2.75, 3.05) is 13.1 Å². The second kappa shape index (κ2) is 6.16. The van der Waals surface area contributed by atoms with E-state index >= 15 is 0 Å². The molecule has 1 atom stereocenters. The highest BCUT2D eigenvalue weighted by Crippen LogP contribution is 2.21. The van der Waals surface area contributed by atoms with Gasteiger partial charge in [0.2, 0.25) is 0 Å². The third kappa shape index (κ3) is 3.72. The molecule has 1 unspecified atom stereocenters. The lowest BCUT2D eigenvalue weighted by Gasteiger charge is -2.29. The van der Waals surface area contributed by atoms with E-state index in [1.165, 1.54) is 4.88 Å². The number of nitrogens with zero attached hydrogens (tertiary/aromatic N) is 1. The van der Waals surface area contributed by atoms with Gasteiger partial charge in [-0.05, 0) is 24.4 Å². The Morgan fingerprint density at radius 1 is 1.50 bits per heavy atom. The number of thiophene rings is 1. The molecule has 90 valence electrons. The lowest BCUT2D eigenvalue weighted by Crippen LogP contribution is -2.36. The fourth-order valence-corrected chi connectivity index (χ4v) is 2.39. The number of carbonyl (C=O) groups excluding carboxylic acids is 1. The van der Waals surface area contributed by atoms with Crippen molar-refractivity contribution in [2.45, 2.75) is 33.7 Å². The van der Waals surface area contributed by atoms with E-state index in [-0.39, 0.29) is 5.41 Å². The average Bonchev–Trinajstić information content (AvgIpc) is 2.80. The van der Waals surface area contributed by atoms with E-state index in [1.807, 2.05) is 6.92 Å². The quantitative estimate of drug-likeness (QED) is 0.681. The normalized spacial score (nSPS) is 15.0. The molecule has 3 heteroatoms. The molecular formula is C13H21NOS. The van der Waals surface area contributed by atoms with E-state index in [0.717, 1.165) is 32.3 Å². The van der Waals surface area contributed by atoms with Crippen LogP contribution in [0.3, 0.4) is 0 Å². The Balaban J connectivity index is 2.58. The Bertz CT molecular complexity index is 310. The fraction of sp³-hybridized carbons (Fsp3) is 0.615. The van der Waals surface area contributed by atoms with E-state index in [0.29, 0.717) is 0 Å². The van der Waals surface area contributed by atoms with Gasteiger partial charge < -0.3 is 4.79 Å². The topological polar surface area (TPSA) is 20.3 Å². The van der Waals surface area contributed by atoms with Crippen LogP contribution < -0.4 is 0 Å². The Labute approximate surface area is 102 Å². The first-order valence-corrected chi connectivity index (χ1v) is 6.72. The van der Waals surface area contributed by atoms with Gasteiger partial charge in [-0.15, -0.1) is 11.3 Å². The van der Waals surface area contributed by atoms with E-state index in [2.05, 4.69) is 36.3 Å². The highest BCUT2D eigenvalue weighted by atomic mass is 32.1. The molecule has 0 saturated heterocycles. The lowest BCUT2D eigenvalue weighted by atomic mass is 9.89. The summed E-state index contributed by atoms with van der Waals surface area (Å²) < 4.78 is 0. The minimum atomic E-state index is -0.201. The molecule has 0 radical (unpaired) electrons. The van der Waals surface area contributed by atoms with Gasteiger partial charge in [0.05, 0.1) is 0 Å². The molecule has 1 aromatic heterocycles. The molecule has 1 aromatic rings. The van der Waals surface area contributed by atoms with Crippen LogP contribution in [0.5, 0.6) is 0 Å². The molecule has 1 heterocycles. The van der Waals surface area contributed by atoms with Crippen molar-refractivity contribution in [3.8, 4) is 0 Å². The second-order valence-corrected chi connectivity index (χ2v) is 5.54. The van der Waals surface area contributed by atoms with Gasteiger partial charge in [-0.2, -0.15) is 0 Å². The fourth-order valence-electron chi connectivity index (χ4n) is 1.65. The predicted octanol–water partition coefficient (Wildman–Crippen LogP) is 3.19. The third-order valence-electron chi connectivity index (χ3n) is 3.08. The van der Waals surface area contributed by atoms with Crippen molar-refractivity contribution >= 4 is 17.6 Å². The van der Waals surface area contributed by atoms with Gasteiger partial charge >= 0.3 is 0 Å². The minimum Gasteiger partial charge on any atom is -0.303 e. The monoisotopic (exact) mass is 239 g/mol. The number of carbonyl (C=O) groups is 1. The zero-order valence-electron chi connectivity index (χ0n) is 10.4. The zero-order chi connectivity index (χ0) is 12.0. The molecule has 0 spiro atoms. The first-order chi connectivity index (χ1) is 7.63. The summed E-state index contributed by atoms with van der Waals surface area (Å²) in [5, 5.41) is 2.10.